The van der Waals surface area contributed by atoms with Crippen LogP contribution in [0.15, 0.2) is 41.7 Å². The second-order valence-electron chi connectivity index (χ2n) is 4.07. The molecule has 0 amide bonds. The van der Waals surface area contributed by atoms with Crippen molar-refractivity contribution >= 4 is 9.84 Å². The average molecular weight is 302 g/mol. The first-order valence-electron chi connectivity index (χ1n) is 5.39. The highest BCUT2D eigenvalue weighted by atomic mass is 32.2. The number of hydrogen-bond acceptors (Lipinski definition) is 4. The second kappa shape index (κ2) is 4.86. The summed E-state index contributed by atoms with van der Waals surface area (Å²) >= 11 is 0. The maximum Gasteiger partial charge on any atom is 0.416 e. The fourth-order valence-electron chi connectivity index (χ4n) is 1.51. The minimum absolute atomic E-state index is 0.245. The third kappa shape index (κ3) is 3.13. The van der Waals surface area contributed by atoms with Crippen molar-refractivity contribution < 1.29 is 21.6 Å². The monoisotopic (exact) mass is 302 g/mol. The maximum absolute atomic E-state index is 12.4. The Morgan fingerprint density at radius 2 is 1.65 bits per heavy atom. The highest BCUT2D eigenvalue weighted by Gasteiger charge is 2.30. The Hall–Kier alpha value is -1.96. The Kier molecular flexibility index (Phi) is 3.51. The van der Waals surface area contributed by atoms with Crippen LogP contribution in [0.3, 0.4) is 0 Å². The summed E-state index contributed by atoms with van der Waals surface area (Å²) < 4.78 is 60.0. The molecule has 0 aliphatic rings. The molecule has 0 saturated heterocycles. The SMILES string of the molecule is CS(=O)(=O)c1nccc(-c2ccc(C(F)(F)F)cc2)n1. The molecule has 4 nitrogen and oxygen atoms in total. The third-order valence-electron chi connectivity index (χ3n) is 2.47. The molecule has 0 aliphatic heterocycles. The lowest BCUT2D eigenvalue weighted by atomic mass is 10.1. The van der Waals surface area contributed by atoms with Crippen molar-refractivity contribution in [2.45, 2.75) is 11.3 Å². The minimum Gasteiger partial charge on any atom is -0.227 e. The zero-order chi connectivity index (χ0) is 15.0. The summed E-state index contributed by atoms with van der Waals surface area (Å²) in [6.07, 6.45) is -2.21. The summed E-state index contributed by atoms with van der Waals surface area (Å²) in [5, 5.41) is -0.366. The molecule has 0 unspecified atom stereocenters. The Morgan fingerprint density at radius 1 is 1.05 bits per heavy atom. The van der Waals surface area contributed by atoms with Gasteiger partial charge in [0.2, 0.25) is 15.0 Å². The highest BCUT2D eigenvalue weighted by Crippen LogP contribution is 2.30. The normalized spacial score (nSPS) is 12.4. The Labute approximate surface area is 113 Å². The number of aromatic nitrogens is 2. The molecule has 106 valence electrons. The van der Waals surface area contributed by atoms with Crippen molar-refractivity contribution in [1.29, 1.82) is 0 Å². The molecule has 0 radical (unpaired) electrons. The van der Waals surface area contributed by atoms with Gasteiger partial charge in [-0.05, 0) is 18.2 Å². The van der Waals surface area contributed by atoms with Gasteiger partial charge in [0.15, 0.2) is 0 Å². The number of sulfone groups is 1. The first kappa shape index (κ1) is 14.4. The van der Waals surface area contributed by atoms with Gasteiger partial charge in [-0.3, -0.25) is 0 Å². The summed E-state index contributed by atoms with van der Waals surface area (Å²) in [7, 11) is -3.57. The van der Waals surface area contributed by atoms with Crippen LogP contribution in [-0.2, 0) is 16.0 Å². The van der Waals surface area contributed by atoms with E-state index in [1.54, 1.807) is 0 Å². The largest absolute Gasteiger partial charge is 0.416 e. The van der Waals surface area contributed by atoms with E-state index in [4.69, 9.17) is 0 Å². The summed E-state index contributed by atoms with van der Waals surface area (Å²) in [4.78, 5) is 7.44. The fourth-order valence-corrected chi connectivity index (χ4v) is 2.03. The number of halogens is 3. The summed E-state index contributed by atoms with van der Waals surface area (Å²) in [5.41, 5.74) is -0.155. The molecule has 20 heavy (non-hydrogen) atoms. The number of alkyl halides is 3. The predicted octanol–water partition coefficient (Wildman–Crippen LogP) is 2.57. The molecule has 0 spiro atoms. The molecular formula is C12H9F3N2O2S. The summed E-state index contributed by atoms with van der Waals surface area (Å²) in [6, 6.07) is 5.72. The molecule has 1 heterocycles. The predicted molar refractivity (Wildman–Crippen MR) is 65.6 cm³/mol. The number of benzene rings is 1. The van der Waals surface area contributed by atoms with Gasteiger partial charge in [0.05, 0.1) is 11.3 Å². The van der Waals surface area contributed by atoms with Crippen LogP contribution in [-0.4, -0.2) is 24.6 Å². The van der Waals surface area contributed by atoms with Crippen molar-refractivity contribution in [2.75, 3.05) is 6.26 Å². The molecule has 8 heteroatoms. The quantitative estimate of drug-likeness (QED) is 0.800. The lowest BCUT2D eigenvalue weighted by Gasteiger charge is -2.07. The first-order chi connectivity index (χ1) is 9.18. The Balaban J connectivity index is 2.43. The van der Waals surface area contributed by atoms with Crippen LogP contribution in [0.4, 0.5) is 13.2 Å². The average Bonchev–Trinajstić information content (AvgIpc) is 2.37. The van der Waals surface area contributed by atoms with Crippen LogP contribution in [0.25, 0.3) is 11.3 Å². The number of rotatable bonds is 2. The van der Waals surface area contributed by atoms with Crippen LogP contribution in [0.1, 0.15) is 5.56 Å². The first-order valence-corrected chi connectivity index (χ1v) is 7.28. The molecule has 1 aromatic heterocycles. The maximum atomic E-state index is 12.4. The van der Waals surface area contributed by atoms with Gasteiger partial charge in [0, 0.05) is 18.0 Å². The second-order valence-corrected chi connectivity index (χ2v) is 5.98. The standard InChI is InChI=1S/C12H9F3N2O2S/c1-20(18,19)11-16-7-6-10(17-11)8-2-4-9(5-3-8)12(13,14)15/h2-7H,1H3. The minimum atomic E-state index is -4.41. The summed E-state index contributed by atoms with van der Waals surface area (Å²) in [5.74, 6) is 0. The molecule has 1 aromatic carbocycles. The van der Waals surface area contributed by atoms with Gasteiger partial charge in [0.25, 0.3) is 0 Å². The van der Waals surface area contributed by atoms with Crippen molar-refractivity contribution in [3.8, 4) is 11.3 Å². The van der Waals surface area contributed by atoms with Crippen molar-refractivity contribution in [3.05, 3.63) is 42.1 Å². The van der Waals surface area contributed by atoms with Crippen LogP contribution >= 0.6 is 0 Å². The molecule has 0 N–H and O–H groups in total. The van der Waals surface area contributed by atoms with Gasteiger partial charge in [-0.15, -0.1) is 0 Å². The molecule has 0 bridgehead atoms. The highest BCUT2D eigenvalue weighted by molar-refractivity contribution is 7.90. The van der Waals surface area contributed by atoms with Crippen LogP contribution in [0.5, 0.6) is 0 Å². The Bertz CT molecular complexity index is 725. The lowest BCUT2D eigenvalue weighted by Crippen LogP contribution is -2.05. The zero-order valence-corrected chi connectivity index (χ0v) is 11.0. The van der Waals surface area contributed by atoms with Gasteiger partial charge in [-0.2, -0.15) is 13.2 Å². The Morgan fingerprint density at radius 3 is 2.15 bits per heavy atom. The van der Waals surface area contributed by atoms with Gasteiger partial charge in [-0.1, -0.05) is 12.1 Å². The van der Waals surface area contributed by atoms with Crippen molar-refractivity contribution in [3.63, 3.8) is 0 Å². The third-order valence-corrected chi connectivity index (χ3v) is 3.33. The van der Waals surface area contributed by atoms with E-state index in [1.165, 1.54) is 24.4 Å². The molecule has 0 aliphatic carbocycles. The van der Waals surface area contributed by atoms with E-state index in [-0.39, 0.29) is 10.9 Å². The van der Waals surface area contributed by atoms with E-state index in [2.05, 4.69) is 9.97 Å². The molecule has 0 saturated carbocycles. The van der Waals surface area contributed by atoms with Crippen molar-refractivity contribution in [1.82, 2.24) is 9.97 Å². The van der Waals surface area contributed by atoms with Crippen LogP contribution < -0.4 is 0 Å². The van der Waals surface area contributed by atoms with E-state index in [1.807, 2.05) is 0 Å². The zero-order valence-electron chi connectivity index (χ0n) is 10.2. The smallest absolute Gasteiger partial charge is 0.227 e. The van der Waals surface area contributed by atoms with Gasteiger partial charge < -0.3 is 0 Å². The van der Waals surface area contributed by atoms with E-state index in [9.17, 15) is 21.6 Å². The van der Waals surface area contributed by atoms with Crippen molar-refractivity contribution in [2.24, 2.45) is 0 Å². The molecular weight excluding hydrogens is 293 g/mol. The number of hydrogen-bond donors (Lipinski definition) is 0. The van der Waals surface area contributed by atoms with E-state index in [0.29, 0.717) is 5.56 Å². The molecule has 2 rings (SSSR count). The van der Waals surface area contributed by atoms with Gasteiger partial charge in [-0.25, -0.2) is 18.4 Å². The summed E-state index contributed by atoms with van der Waals surface area (Å²) in [6.45, 7) is 0. The lowest BCUT2D eigenvalue weighted by molar-refractivity contribution is -0.137. The van der Waals surface area contributed by atoms with Crippen LogP contribution in [0, 0.1) is 0 Å². The number of nitrogens with zero attached hydrogens (tertiary/aromatic N) is 2. The van der Waals surface area contributed by atoms with E-state index >= 15 is 0 Å². The van der Waals surface area contributed by atoms with Crippen LogP contribution in [0.2, 0.25) is 0 Å². The molecule has 2 aromatic rings. The van der Waals surface area contributed by atoms with Gasteiger partial charge in [0.1, 0.15) is 0 Å². The van der Waals surface area contributed by atoms with E-state index in [0.717, 1.165) is 18.4 Å². The molecule has 0 atom stereocenters. The van der Waals surface area contributed by atoms with Gasteiger partial charge >= 0.3 is 6.18 Å². The van der Waals surface area contributed by atoms with E-state index < -0.39 is 21.6 Å². The topological polar surface area (TPSA) is 59.9 Å². The molecule has 0 fully saturated rings. The fraction of sp³-hybridized carbons (Fsp3) is 0.167.